The summed E-state index contributed by atoms with van der Waals surface area (Å²) in [6, 6.07) is 27.0. The number of para-hydroxylation sites is 1. The van der Waals surface area contributed by atoms with Gasteiger partial charge in [-0.25, -0.2) is 0 Å². The minimum atomic E-state index is -0.592. The molecule has 30 heavy (non-hydrogen) atoms. The summed E-state index contributed by atoms with van der Waals surface area (Å²) in [4.78, 5) is 12.2. The van der Waals surface area contributed by atoms with E-state index in [2.05, 4.69) is 5.32 Å². The molecule has 0 aliphatic rings. The van der Waals surface area contributed by atoms with Crippen molar-refractivity contribution in [2.75, 3.05) is 13.2 Å². The second kappa shape index (κ2) is 11.8. The molecule has 156 valence electrons. The van der Waals surface area contributed by atoms with Gasteiger partial charge in [0, 0.05) is 6.54 Å². The van der Waals surface area contributed by atoms with Crippen LogP contribution < -0.4 is 15.8 Å². The maximum absolute atomic E-state index is 12.2. The predicted octanol–water partition coefficient (Wildman–Crippen LogP) is 3.47. The molecule has 5 heteroatoms. The number of amides is 1. The maximum Gasteiger partial charge on any atom is 0.237 e. The van der Waals surface area contributed by atoms with Gasteiger partial charge in [0.05, 0.1) is 19.3 Å². The van der Waals surface area contributed by atoms with Crippen molar-refractivity contribution in [3.05, 3.63) is 102 Å². The molecule has 5 nitrogen and oxygen atoms in total. The van der Waals surface area contributed by atoms with Gasteiger partial charge < -0.3 is 20.5 Å². The second-order valence-electron chi connectivity index (χ2n) is 7.06. The van der Waals surface area contributed by atoms with Crippen LogP contribution in [0.1, 0.15) is 16.7 Å². The molecule has 0 spiro atoms. The number of carbonyl (C=O) groups is 1. The molecule has 0 aliphatic carbocycles. The van der Waals surface area contributed by atoms with Crippen LogP contribution >= 0.6 is 0 Å². The molecule has 0 aromatic heterocycles. The molecule has 0 saturated heterocycles. The topological polar surface area (TPSA) is 73.6 Å². The molecule has 0 saturated carbocycles. The van der Waals surface area contributed by atoms with E-state index >= 15 is 0 Å². The summed E-state index contributed by atoms with van der Waals surface area (Å²) in [6.45, 7) is 1.92. The third-order valence-electron chi connectivity index (χ3n) is 4.62. The Bertz CT molecular complexity index is 883. The molecule has 0 bridgehead atoms. The van der Waals surface area contributed by atoms with Gasteiger partial charge in [0.15, 0.2) is 0 Å². The van der Waals surface area contributed by atoms with E-state index in [0.29, 0.717) is 32.8 Å². The molecule has 0 aliphatic heterocycles. The Labute approximate surface area is 177 Å². The van der Waals surface area contributed by atoms with Crippen LogP contribution in [0.4, 0.5) is 0 Å². The first-order valence-corrected chi connectivity index (χ1v) is 10.1. The van der Waals surface area contributed by atoms with E-state index in [1.165, 1.54) is 0 Å². The smallest absolute Gasteiger partial charge is 0.237 e. The number of nitrogens with one attached hydrogen (secondary N) is 1. The summed E-state index contributed by atoms with van der Waals surface area (Å²) in [5.41, 5.74) is 9.24. The van der Waals surface area contributed by atoms with E-state index in [-0.39, 0.29) is 5.91 Å². The van der Waals surface area contributed by atoms with Crippen LogP contribution in [0.5, 0.6) is 5.75 Å². The molecular formula is C25H28N2O3. The highest BCUT2D eigenvalue weighted by Crippen LogP contribution is 2.13. The van der Waals surface area contributed by atoms with Gasteiger partial charge in [0.1, 0.15) is 12.4 Å². The molecular weight excluding hydrogens is 376 g/mol. The fourth-order valence-electron chi connectivity index (χ4n) is 2.94. The van der Waals surface area contributed by atoms with Gasteiger partial charge in [-0.2, -0.15) is 0 Å². The molecule has 0 fully saturated rings. The minimum absolute atomic E-state index is 0.171. The molecule has 0 heterocycles. The van der Waals surface area contributed by atoms with Gasteiger partial charge in [-0.15, -0.1) is 0 Å². The normalized spacial score (nSPS) is 11.6. The number of rotatable bonds is 11. The third-order valence-corrected chi connectivity index (χ3v) is 4.62. The van der Waals surface area contributed by atoms with Crippen molar-refractivity contribution in [3.63, 3.8) is 0 Å². The third kappa shape index (κ3) is 7.35. The Kier molecular flexibility index (Phi) is 8.45. The summed E-state index contributed by atoms with van der Waals surface area (Å²) >= 11 is 0. The Morgan fingerprint density at radius 2 is 1.40 bits per heavy atom. The number of carbonyl (C=O) groups excluding carboxylic acids is 1. The number of nitrogens with two attached hydrogens (primary N) is 1. The van der Waals surface area contributed by atoms with E-state index in [1.54, 1.807) is 0 Å². The number of hydrogen-bond donors (Lipinski definition) is 2. The fourth-order valence-corrected chi connectivity index (χ4v) is 2.94. The molecule has 1 amide bonds. The van der Waals surface area contributed by atoms with Crippen molar-refractivity contribution in [1.82, 2.24) is 5.32 Å². The van der Waals surface area contributed by atoms with Gasteiger partial charge in [0.2, 0.25) is 5.91 Å². The standard InChI is InChI=1S/C25H28N2O3/c26-24(25(28)27-15-16-29-18-21-7-3-1-4-8-21)17-20-11-13-22(14-12-20)19-30-23-9-5-2-6-10-23/h1-14,24H,15-19,26H2,(H,27,28). The average molecular weight is 405 g/mol. The lowest BCUT2D eigenvalue weighted by Crippen LogP contribution is -2.43. The molecule has 0 radical (unpaired) electrons. The van der Waals surface area contributed by atoms with Gasteiger partial charge >= 0.3 is 0 Å². The van der Waals surface area contributed by atoms with E-state index in [9.17, 15) is 4.79 Å². The van der Waals surface area contributed by atoms with Crippen LogP contribution in [0.25, 0.3) is 0 Å². The van der Waals surface area contributed by atoms with Gasteiger partial charge in [0.25, 0.3) is 0 Å². The van der Waals surface area contributed by atoms with Crippen LogP contribution in [0.15, 0.2) is 84.9 Å². The second-order valence-corrected chi connectivity index (χ2v) is 7.06. The number of ether oxygens (including phenoxy) is 2. The lowest BCUT2D eigenvalue weighted by atomic mass is 10.0. The Balaban J connectivity index is 1.34. The maximum atomic E-state index is 12.2. The monoisotopic (exact) mass is 404 g/mol. The Morgan fingerprint density at radius 1 is 0.800 bits per heavy atom. The lowest BCUT2D eigenvalue weighted by molar-refractivity contribution is -0.122. The zero-order valence-corrected chi connectivity index (χ0v) is 17.0. The number of hydrogen-bond acceptors (Lipinski definition) is 4. The first kappa shape index (κ1) is 21.6. The van der Waals surface area contributed by atoms with Crippen LogP contribution in [0.2, 0.25) is 0 Å². The SMILES string of the molecule is NC(Cc1ccc(COc2ccccc2)cc1)C(=O)NCCOCc1ccccc1. The van der Waals surface area contributed by atoms with Gasteiger partial charge in [-0.1, -0.05) is 72.8 Å². The quantitative estimate of drug-likeness (QED) is 0.480. The average Bonchev–Trinajstić information content (AvgIpc) is 2.79. The van der Waals surface area contributed by atoms with Gasteiger partial charge in [-0.3, -0.25) is 4.79 Å². The van der Waals surface area contributed by atoms with E-state index in [0.717, 1.165) is 22.4 Å². The summed E-state index contributed by atoms with van der Waals surface area (Å²) in [5.74, 6) is 0.669. The molecule has 1 atom stereocenters. The minimum Gasteiger partial charge on any atom is -0.489 e. The Morgan fingerprint density at radius 3 is 2.10 bits per heavy atom. The van der Waals surface area contributed by atoms with Crippen molar-refractivity contribution >= 4 is 5.91 Å². The Hall–Kier alpha value is -3.15. The summed E-state index contributed by atoms with van der Waals surface area (Å²) in [5, 5.41) is 2.83. The van der Waals surface area contributed by atoms with Gasteiger partial charge in [-0.05, 0) is 35.2 Å². The summed E-state index contributed by atoms with van der Waals surface area (Å²) in [7, 11) is 0. The van der Waals surface area contributed by atoms with Crippen LogP contribution in [-0.4, -0.2) is 25.1 Å². The van der Waals surface area contributed by atoms with E-state index < -0.39 is 6.04 Å². The van der Waals surface area contributed by atoms with Crippen molar-refractivity contribution in [2.24, 2.45) is 5.73 Å². The van der Waals surface area contributed by atoms with Crippen molar-refractivity contribution in [1.29, 1.82) is 0 Å². The largest absolute Gasteiger partial charge is 0.489 e. The molecule has 3 N–H and O–H groups in total. The van der Waals surface area contributed by atoms with Crippen LogP contribution in [-0.2, 0) is 29.2 Å². The van der Waals surface area contributed by atoms with Crippen LogP contribution in [0, 0.1) is 0 Å². The van der Waals surface area contributed by atoms with Crippen molar-refractivity contribution in [2.45, 2.75) is 25.7 Å². The molecule has 3 aromatic carbocycles. The summed E-state index contributed by atoms with van der Waals surface area (Å²) < 4.78 is 11.3. The zero-order valence-electron chi connectivity index (χ0n) is 17.0. The highest BCUT2D eigenvalue weighted by atomic mass is 16.5. The first-order valence-electron chi connectivity index (χ1n) is 10.1. The van der Waals surface area contributed by atoms with Crippen LogP contribution in [0.3, 0.4) is 0 Å². The van der Waals surface area contributed by atoms with E-state index in [1.807, 2.05) is 84.9 Å². The molecule has 3 aromatic rings. The van der Waals surface area contributed by atoms with E-state index in [4.69, 9.17) is 15.2 Å². The van der Waals surface area contributed by atoms with Crippen molar-refractivity contribution < 1.29 is 14.3 Å². The zero-order chi connectivity index (χ0) is 21.0. The molecule has 1 unspecified atom stereocenters. The highest BCUT2D eigenvalue weighted by Gasteiger charge is 2.13. The highest BCUT2D eigenvalue weighted by molar-refractivity contribution is 5.81. The fraction of sp³-hybridized carbons (Fsp3) is 0.240. The summed E-state index contributed by atoms with van der Waals surface area (Å²) in [6.07, 6.45) is 0.483. The first-order chi connectivity index (χ1) is 14.7. The molecule has 3 rings (SSSR count). The number of benzene rings is 3. The predicted molar refractivity (Wildman–Crippen MR) is 118 cm³/mol. The van der Waals surface area contributed by atoms with Crippen molar-refractivity contribution in [3.8, 4) is 5.75 Å². The lowest BCUT2D eigenvalue weighted by Gasteiger charge is -2.13.